The number of carbonyl (C=O) groups is 1. The number of nitrogens with zero attached hydrogens (tertiary/aromatic N) is 3. The largest absolute Gasteiger partial charge is 0.354 e. The highest BCUT2D eigenvalue weighted by Crippen LogP contribution is 2.21. The smallest absolute Gasteiger partial charge is 0.252 e. The Labute approximate surface area is 151 Å². The zero-order valence-electron chi connectivity index (χ0n) is 14.9. The van der Waals surface area contributed by atoms with E-state index in [2.05, 4.69) is 31.0 Å². The van der Waals surface area contributed by atoms with Crippen LogP contribution in [0.1, 0.15) is 30.1 Å². The van der Waals surface area contributed by atoms with Crippen molar-refractivity contribution in [2.24, 2.45) is 0 Å². The van der Waals surface area contributed by atoms with E-state index >= 15 is 0 Å². The number of anilines is 1. The third-order valence-electron chi connectivity index (χ3n) is 4.29. The molecule has 3 heterocycles. The average molecular weight is 359 g/mol. The highest BCUT2D eigenvalue weighted by molar-refractivity contribution is 5.75. The van der Waals surface area contributed by atoms with Gasteiger partial charge in [-0.2, -0.15) is 5.10 Å². The maximum absolute atomic E-state index is 12.0. The van der Waals surface area contributed by atoms with Crippen LogP contribution in [0.25, 0.3) is 0 Å². The highest BCUT2D eigenvalue weighted by Gasteiger charge is 2.17. The van der Waals surface area contributed by atoms with Gasteiger partial charge in [-0.15, -0.1) is 0 Å². The zero-order valence-corrected chi connectivity index (χ0v) is 14.9. The summed E-state index contributed by atoms with van der Waals surface area (Å²) in [7, 11) is 0. The number of H-pyrrole nitrogens is 1. The van der Waals surface area contributed by atoms with Gasteiger partial charge < -0.3 is 16.0 Å². The van der Waals surface area contributed by atoms with Crippen LogP contribution in [0.4, 0.5) is 5.95 Å². The molecule has 1 fully saturated rings. The lowest BCUT2D eigenvalue weighted by molar-refractivity contribution is -0.121. The van der Waals surface area contributed by atoms with Crippen molar-refractivity contribution in [3.63, 3.8) is 0 Å². The fourth-order valence-corrected chi connectivity index (χ4v) is 3.04. The van der Waals surface area contributed by atoms with Gasteiger partial charge in [-0.25, -0.2) is 4.98 Å². The molecule has 4 N–H and O–H groups in total. The van der Waals surface area contributed by atoms with Crippen LogP contribution < -0.4 is 21.5 Å². The molecule has 26 heavy (non-hydrogen) atoms. The Balaban J connectivity index is 1.40. The van der Waals surface area contributed by atoms with Crippen LogP contribution in [-0.4, -0.2) is 51.8 Å². The van der Waals surface area contributed by atoms with Gasteiger partial charge in [0.1, 0.15) is 6.54 Å². The van der Waals surface area contributed by atoms with Crippen molar-refractivity contribution in [2.45, 2.75) is 32.2 Å². The second-order valence-corrected chi connectivity index (χ2v) is 6.49. The predicted octanol–water partition coefficient (Wildman–Crippen LogP) is -0.0299. The maximum Gasteiger partial charge on any atom is 0.252 e. The second-order valence-electron chi connectivity index (χ2n) is 6.49. The molecule has 3 rings (SSSR count). The Morgan fingerprint density at radius 1 is 1.42 bits per heavy atom. The van der Waals surface area contributed by atoms with Crippen molar-refractivity contribution in [1.29, 1.82) is 0 Å². The van der Waals surface area contributed by atoms with E-state index in [9.17, 15) is 9.59 Å². The summed E-state index contributed by atoms with van der Waals surface area (Å²) >= 11 is 0. The van der Waals surface area contributed by atoms with Crippen LogP contribution in [0.5, 0.6) is 0 Å². The Morgan fingerprint density at radius 3 is 3.08 bits per heavy atom. The average Bonchev–Trinajstić information content (AvgIpc) is 3.07. The van der Waals surface area contributed by atoms with Gasteiger partial charge in [0.2, 0.25) is 11.9 Å². The number of aromatic amines is 1. The number of hydrogen-bond acceptors (Lipinski definition) is 6. The normalized spacial score (nSPS) is 17.0. The van der Waals surface area contributed by atoms with Crippen molar-refractivity contribution >= 4 is 11.9 Å². The van der Waals surface area contributed by atoms with Crippen molar-refractivity contribution in [1.82, 2.24) is 30.4 Å². The summed E-state index contributed by atoms with van der Waals surface area (Å²) < 4.78 is 1.67. The maximum atomic E-state index is 12.0. The number of amides is 1. The van der Waals surface area contributed by atoms with E-state index in [0.29, 0.717) is 30.6 Å². The van der Waals surface area contributed by atoms with Gasteiger partial charge in [0, 0.05) is 43.5 Å². The molecule has 9 heteroatoms. The van der Waals surface area contributed by atoms with Gasteiger partial charge in [0.15, 0.2) is 0 Å². The summed E-state index contributed by atoms with van der Waals surface area (Å²) in [4.78, 5) is 30.2. The van der Waals surface area contributed by atoms with Gasteiger partial charge in [-0.3, -0.25) is 19.3 Å². The number of piperidine rings is 1. The quantitative estimate of drug-likeness (QED) is 0.516. The minimum atomic E-state index is -0.202. The topological polar surface area (TPSA) is 117 Å². The number of nitrogens with one attached hydrogen (secondary N) is 4. The van der Waals surface area contributed by atoms with Gasteiger partial charge in [-0.1, -0.05) is 0 Å². The fourth-order valence-electron chi connectivity index (χ4n) is 3.04. The van der Waals surface area contributed by atoms with E-state index in [-0.39, 0.29) is 18.0 Å². The number of aromatic nitrogens is 4. The Kier molecular flexibility index (Phi) is 6.00. The van der Waals surface area contributed by atoms with Crippen molar-refractivity contribution < 1.29 is 4.79 Å². The van der Waals surface area contributed by atoms with Crippen LogP contribution >= 0.6 is 0 Å². The highest BCUT2D eigenvalue weighted by atomic mass is 16.2. The molecule has 0 aromatic carbocycles. The van der Waals surface area contributed by atoms with E-state index in [4.69, 9.17) is 0 Å². The van der Waals surface area contributed by atoms with E-state index in [1.165, 1.54) is 6.07 Å². The molecule has 0 saturated carbocycles. The molecule has 0 bridgehead atoms. The van der Waals surface area contributed by atoms with Gasteiger partial charge in [0.05, 0.1) is 5.69 Å². The van der Waals surface area contributed by atoms with Gasteiger partial charge in [-0.05, 0) is 32.4 Å². The molecule has 2 aromatic rings. The first-order valence-corrected chi connectivity index (χ1v) is 8.93. The lowest BCUT2D eigenvalue weighted by atomic mass is 9.97. The SMILES string of the molecule is Cc1cc(=O)[nH]c(NCCNC(=O)Cn2ccc([C@H]3CCCNC3)n2)n1. The molecule has 9 nitrogen and oxygen atoms in total. The van der Waals surface area contributed by atoms with Crippen molar-refractivity contribution in [2.75, 3.05) is 31.5 Å². The molecule has 140 valence electrons. The Morgan fingerprint density at radius 2 is 2.31 bits per heavy atom. The van der Waals surface area contributed by atoms with Crippen LogP contribution in [0.15, 0.2) is 23.1 Å². The van der Waals surface area contributed by atoms with Crippen molar-refractivity contribution in [3.05, 3.63) is 40.1 Å². The molecular formula is C17H25N7O2. The van der Waals surface area contributed by atoms with Crippen LogP contribution in [0.2, 0.25) is 0 Å². The van der Waals surface area contributed by atoms with Crippen LogP contribution in [-0.2, 0) is 11.3 Å². The summed E-state index contributed by atoms with van der Waals surface area (Å²) in [5, 5.41) is 13.7. The monoisotopic (exact) mass is 359 g/mol. The molecule has 1 saturated heterocycles. The molecule has 2 aromatic heterocycles. The second kappa shape index (κ2) is 8.61. The molecule has 0 spiro atoms. The van der Waals surface area contributed by atoms with Gasteiger partial charge >= 0.3 is 0 Å². The predicted molar refractivity (Wildman–Crippen MR) is 98.2 cm³/mol. The zero-order chi connectivity index (χ0) is 18.4. The third-order valence-corrected chi connectivity index (χ3v) is 4.29. The molecule has 1 aliphatic heterocycles. The lowest BCUT2D eigenvalue weighted by Gasteiger charge is -2.20. The number of hydrogen-bond donors (Lipinski definition) is 4. The summed E-state index contributed by atoms with van der Waals surface area (Å²) in [6.45, 7) is 4.86. The van der Waals surface area contributed by atoms with Crippen LogP contribution in [0, 0.1) is 6.92 Å². The minimum absolute atomic E-state index is 0.103. The standard InChI is InChI=1S/C17H25N7O2/c1-12-9-15(25)22-17(21-12)20-7-6-19-16(26)11-24-8-4-14(23-24)13-3-2-5-18-10-13/h4,8-9,13,18H,2-3,5-7,10-11H2,1H3,(H,19,26)(H2,20,21,22,25)/t13-/m0/s1. The summed E-state index contributed by atoms with van der Waals surface area (Å²) in [6, 6.07) is 3.42. The number of rotatable bonds is 7. The molecule has 0 radical (unpaired) electrons. The fraction of sp³-hybridized carbons (Fsp3) is 0.529. The van der Waals surface area contributed by atoms with Crippen LogP contribution in [0.3, 0.4) is 0 Å². The molecule has 1 atom stereocenters. The Hall–Kier alpha value is -2.68. The van der Waals surface area contributed by atoms with E-state index in [1.807, 2.05) is 12.3 Å². The van der Waals surface area contributed by atoms with E-state index in [0.717, 1.165) is 31.6 Å². The van der Waals surface area contributed by atoms with E-state index in [1.54, 1.807) is 11.6 Å². The molecule has 0 aliphatic carbocycles. The van der Waals surface area contributed by atoms with Gasteiger partial charge in [0.25, 0.3) is 5.56 Å². The minimum Gasteiger partial charge on any atom is -0.354 e. The third kappa shape index (κ3) is 5.16. The first-order valence-electron chi connectivity index (χ1n) is 8.93. The Bertz CT molecular complexity index is 792. The summed E-state index contributed by atoms with van der Waals surface area (Å²) in [5.74, 6) is 0.734. The first kappa shape index (κ1) is 18.1. The summed E-state index contributed by atoms with van der Waals surface area (Å²) in [5.41, 5.74) is 1.48. The molecular weight excluding hydrogens is 334 g/mol. The molecule has 0 unspecified atom stereocenters. The van der Waals surface area contributed by atoms with E-state index < -0.39 is 0 Å². The number of aryl methyl sites for hydroxylation is 1. The van der Waals surface area contributed by atoms with Crippen molar-refractivity contribution in [3.8, 4) is 0 Å². The molecule has 1 amide bonds. The molecule has 1 aliphatic rings. The first-order chi connectivity index (χ1) is 12.6. The number of carbonyl (C=O) groups excluding carboxylic acids is 1. The summed E-state index contributed by atoms with van der Waals surface area (Å²) in [6.07, 6.45) is 4.15. The lowest BCUT2D eigenvalue weighted by Crippen LogP contribution is -2.32.